The average molecular weight is 416 g/mol. The molecule has 1 aliphatic carbocycles. The fourth-order valence-electron chi connectivity index (χ4n) is 5.10. The normalized spacial score (nSPS) is 23.2. The van der Waals surface area contributed by atoms with Crippen LogP contribution in [0.2, 0.25) is 0 Å². The minimum atomic E-state index is 0.258. The van der Waals surface area contributed by atoms with Gasteiger partial charge in [-0.25, -0.2) is 0 Å². The van der Waals surface area contributed by atoms with Crippen LogP contribution in [0.3, 0.4) is 0 Å². The van der Waals surface area contributed by atoms with Crippen LogP contribution in [-0.2, 0) is 24.2 Å². The maximum atomic E-state index is 12.8. The van der Waals surface area contributed by atoms with Crippen molar-refractivity contribution in [1.82, 2.24) is 30.3 Å². The quantitative estimate of drug-likeness (QED) is 0.566. The number of nitrogens with one attached hydrogen (secondary N) is 2. The molecule has 30 heavy (non-hydrogen) atoms. The smallest absolute Gasteiger partial charge is 0.225 e. The Balaban J connectivity index is 1.22. The summed E-state index contributed by atoms with van der Waals surface area (Å²) in [6, 6.07) is 0.271. The average Bonchev–Trinajstić information content (AvgIpc) is 3.33. The van der Waals surface area contributed by atoms with Crippen molar-refractivity contribution in [2.24, 2.45) is 10.9 Å². The Morgan fingerprint density at radius 1 is 1.07 bits per heavy atom. The SMILES string of the molecule is CN=C(NCCc1nnc2n1CCCCC2)NC1CCN(C(=O)C2CCCCC2)C1. The molecule has 2 aliphatic heterocycles. The van der Waals surface area contributed by atoms with Gasteiger partial charge in [-0.1, -0.05) is 25.7 Å². The molecule has 2 fully saturated rings. The van der Waals surface area contributed by atoms with E-state index in [-0.39, 0.29) is 12.0 Å². The number of amides is 1. The minimum Gasteiger partial charge on any atom is -0.356 e. The van der Waals surface area contributed by atoms with Crippen molar-refractivity contribution < 1.29 is 4.79 Å². The highest BCUT2D eigenvalue weighted by molar-refractivity contribution is 5.81. The highest BCUT2D eigenvalue weighted by Crippen LogP contribution is 2.26. The van der Waals surface area contributed by atoms with Crippen molar-refractivity contribution >= 4 is 11.9 Å². The molecule has 1 atom stereocenters. The van der Waals surface area contributed by atoms with E-state index in [1.165, 1.54) is 38.5 Å². The summed E-state index contributed by atoms with van der Waals surface area (Å²) >= 11 is 0. The van der Waals surface area contributed by atoms with Crippen molar-refractivity contribution in [2.45, 2.75) is 83.2 Å². The second-order valence-corrected chi connectivity index (χ2v) is 8.99. The molecule has 8 nitrogen and oxygen atoms in total. The van der Waals surface area contributed by atoms with Crippen LogP contribution in [0, 0.1) is 5.92 Å². The standard InChI is InChI=1S/C22H37N7O/c1-23-22(24-13-11-20-27-26-19-10-6-3-7-14-29(19)20)25-18-12-15-28(16-18)21(30)17-8-4-2-5-9-17/h17-18H,2-16H2,1H3,(H2,23,24,25). The first kappa shape index (κ1) is 21.1. The number of hydrogen-bond acceptors (Lipinski definition) is 4. The summed E-state index contributed by atoms with van der Waals surface area (Å²) in [5.41, 5.74) is 0. The van der Waals surface area contributed by atoms with Crippen molar-refractivity contribution in [1.29, 1.82) is 0 Å². The van der Waals surface area contributed by atoms with Crippen molar-refractivity contribution in [3.8, 4) is 0 Å². The summed E-state index contributed by atoms with van der Waals surface area (Å²) in [6.45, 7) is 3.45. The van der Waals surface area contributed by atoms with E-state index in [2.05, 4.69) is 35.3 Å². The van der Waals surface area contributed by atoms with Crippen LogP contribution in [-0.4, -0.2) is 64.3 Å². The van der Waals surface area contributed by atoms with Crippen LogP contribution in [0.15, 0.2) is 4.99 Å². The first-order valence-corrected chi connectivity index (χ1v) is 11.9. The molecule has 0 spiro atoms. The van der Waals surface area contributed by atoms with E-state index >= 15 is 0 Å². The third-order valence-corrected chi connectivity index (χ3v) is 6.85. The van der Waals surface area contributed by atoms with Gasteiger partial charge in [0, 0.05) is 58.0 Å². The van der Waals surface area contributed by atoms with Gasteiger partial charge in [0.05, 0.1) is 0 Å². The lowest BCUT2D eigenvalue weighted by Gasteiger charge is -2.26. The molecule has 8 heteroatoms. The van der Waals surface area contributed by atoms with Crippen LogP contribution in [0.1, 0.15) is 69.4 Å². The van der Waals surface area contributed by atoms with Crippen molar-refractivity contribution in [3.63, 3.8) is 0 Å². The van der Waals surface area contributed by atoms with Crippen LogP contribution in [0.25, 0.3) is 0 Å². The van der Waals surface area contributed by atoms with Gasteiger partial charge in [0.1, 0.15) is 11.6 Å². The van der Waals surface area contributed by atoms with Crippen LogP contribution in [0.4, 0.5) is 0 Å². The topological polar surface area (TPSA) is 87.4 Å². The predicted octanol–water partition coefficient (Wildman–Crippen LogP) is 1.89. The molecule has 1 saturated carbocycles. The van der Waals surface area contributed by atoms with E-state index in [4.69, 9.17) is 0 Å². The fraction of sp³-hybridized carbons (Fsp3) is 0.818. The highest BCUT2D eigenvalue weighted by Gasteiger charge is 2.31. The molecule has 1 unspecified atom stereocenters. The molecule has 3 aliphatic rings. The number of hydrogen-bond donors (Lipinski definition) is 2. The maximum Gasteiger partial charge on any atom is 0.225 e. The largest absolute Gasteiger partial charge is 0.356 e. The maximum absolute atomic E-state index is 12.8. The molecule has 166 valence electrons. The molecule has 1 aromatic heterocycles. The summed E-state index contributed by atoms with van der Waals surface area (Å²) in [4.78, 5) is 19.2. The number of aliphatic imine (C=N–C) groups is 1. The van der Waals surface area contributed by atoms with Crippen LogP contribution < -0.4 is 10.6 Å². The van der Waals surface area contributed by atoms with E-state index in [1.807, 2.05) is 0 Å². The van der Waals surface area contributed by atoms with E-state index in [9.17, 15) is 4.79 Å². The Morgan fingerprint density at radius 3 is 2.73 bits per heavy atom. The van der Waals surface area contributed by atoms with Gasteiger partial charge in [0.25, 0.3) is 0 Å². The van der Waals surface area contributed by atoms with Crippen LogP contribution >= 0.6 is 0 Å². The van der Waals surface area contributed by atoms with Crippen molar-refractivity contribution in [3.05, 3.63) is 11.6 Å². The number of guanidine groups is 1. The first-order valence-electron chi connectivity index (χ1n) is 11.9. The van der Waals surface area contributed by atoms with E-state index in [0.29, 0.717) is 5.91 Å². The predicted molar refractivity (Wildman–Crippen MR) is 117 cm³/mol. The molecule has 1 aromatic rings. The third kappa shape index (κ3) is 5.13. The number of rotatable bonds is 5. The Labute approximate surface area is 179 Å². The second kappa shape index (κ2) is 10.3. The summed E-state index contributed by atoms with van der Waals surface area (Å²) in [5, 5.41) is 15.7. The van der Waals surface area contributed by atoms with E-state index in [0.717, 1.165) is 75.9 Å². The Morgan fingerprint density at radius 2 is 1.90 bits per heavy atom. The van der Waals surface area contributed by atoms with Crippen molar-refractivity contribution in [2.75, 3.05) is 26.7 Å². The summed E-state index contributed by atoms with van der Waals surface area (Å²) in [5.74, 6) is 3.64. The zero-order valence-electron chi connectivity index (χ0n) is 18.4. The molecule has 0 aromatic carbocycles. The zero-order chi connectivity index (χ0) is 20.8. The van der Waals surface area contributed by atoms with E-state index < -0.39 is 0 Å². The number of carbonyl (C=O) groups excluding carboxylic acids is 1. The molecule has 2 N–H and O–H groups in total. The van der Waals surface area contributed by atoms with Crippen LogP contribution in [0.5, 0.6) is 0 Å². The molecule has 3 heterocycles. The Kier molecular flexibility index (Phi) is 7.23. The number of nitrogens with zero attached hydrogens (tertiary/aromatic N) is 5. The molecular formula is C22H37N7O. The lowest BCUT2D eigenvalue weighted by molar-refractivity contribution is -0.135. The third-order valence-electron chi connectivity index (χ3n) is 6.85. The summed E-state index contributed by atoms with van der Waals surface area (Å²) < 4.78 is 2.30. The van der Waals surface area contributed by atoms with Gasteiger partial charge in [-0.05, 0) is 32.1 Å². The summed E-state index contributed by atoms with van der Waals surface area (Å²) in [6.07, 6.45) is 12.4. The number of likely N-dealkylation sites (tertiary alicyclic amines) is 1. The Hall–Kier alpha value is -2.12. The molecule has 0 radical (unpaired) electrons. The zero-order valence-corrected chi connectivity index (χ0v) is 18.4. The number of aromatic nitrogens is 3. The number of aryl methyl sites for hydroxylation is 1. The monoisotopic (exact) mass is 415 g/mol. The molecular weight excluding hydrogens is 378 g/mol. The van der Waals surface area contributed by atoms with Gasteiger partial charge in [-0.3, -0.25) is 9.79 Å². The summed E-state index contributed by atoms with van der Waals surface area (Å²) in [7, 11) is 1.80. The Bertz CT molecular complexity index is 738. The number of fused-ring (bicyclic) bond motifs is 1. The first-order chi connectivity index (χ1) is 14.7. The number of carbonyl (C=O) groups is 1. The van der Waals surface area contributed by atoms with Gasteiger partial charge < -0.3 is 20.1 Å². The molecule has 0 bridgehead atoms. The lowest BCUT2D eigenvalue weighted by Crippen LogP contribution is -2.46. The lowest BCUT2D eigenvalue weighted by atomic mass is 9.88. The van der Waals surface area contributed by atoms with Gasteiger partial charge in [-0.15, -0.1) is 10.2 Å². The van der Waals surface area contributed by atoms with E-state index in [1.54, 1.807) is 7.05 Å². The fourth-order valence-corrected chi connectivity index (χ4v) is 5.10. The minimum absolute atomic E-state index is 0.258. The molecule has 4 rings (SSSR count). The molecule has 1 saturated heterocycles. The van der Waals surface area contributed by atoms with Gasteiger partial charge in [0.2, 0.25) is 5.91 Å². The van der Waals surface area contributed by atoms with Gasteiger partial charge in [0.15, 0.2) is 5.96 Å². The highest BCUT2D eigenvalue weighted by atomic mass is 16.2. The molecule has 1 amide bonds. The second-order valence-electron chi connectivity index (χ2n) is 8.99. The van der Waals surface area contributed by atoms with Gasteiger partial charge >= 0.3 is 0 Å². The van der Waals surface area contributed by atoms with Gasteiger partial charge in [-0.2, -0.15) is 0 Å².